The Balaban J connectivity index is 0.871. The van der Waals surface area contributed by atoms with Crippen LogP contribution in [0.4, 0.5) is 14.5 Å². The summed E-state index contributed by atoms with van der Waals surface area (Å²) in [5.74, 6) is -3.07. The van der Waals surface area contributed by atoms with Crippen molar-refractivity contribution in [2.45, 2.75) is 155 Å². The van der Waals surface area contributed by atoms with Crippen LogP contribution in [0.25, 0.3) is 15.7 Å². The summed E-state index contributed by atoms with van der Waals surface area (Å²) in [6.45, 7) is 13.5. The van der Waals surface area contributed by atoms with Crippen molar-refractivity contribution in [3.8, 4) is 0 Å². The molecule has 3 aliphatic rings. The van der Waals surface area contributed by atoms with Gasteiger partial charge in [-0.3, -0.25) is 43.1 Å². The zero-order chi connectivity index (χ0) is 61.5. The Morgan fingerprint density at radius 3 is 2.11 bits per heavy atom. The average molecular weight is 1270 g/mol. The van der Waals surface area contributed by atoms with Crippen LogP contribution in [-0.4, -0.2) is 129 Å². The van der Waals surface area contributed by atoms with Crippen molar-refractivity contribution in [2.75, 3.05) is 31.1 Å². The third-order valence-corrected chi connectivity index (χ3v) is 18.0. The molecule has 3 aromatic carbocycles. The molecule has 0 aliphatic carbocycles. The van der Waals surface area contributed by atoms with Gasteiger partial charge in [0.05, 0.1) is 11.0 Å². The highest BCUT2D eigenvalue weighted by Gasteiger charge is 2.51. The lowest BCUT2D eigenvalue weighted by Crippen LogP contribution is -2.58. The number of amides is 7. The van der Waals surface area contributed by atoms with Crippen LogP contribution in [0.1, 0.15) is 139 Å². The van der Waals surface area contributed by atoms with Crippen molar-refractivity contribution in [1.82, 2.24) is 31.1 Å². The Kier molecular flexibility index (Phi) is 21.3. The minimum absolute atomic E-state index is 0.0119. The smallest absolute Gasteiger partial charge is 0.391 e. The molecule has 454 valence electrons. The number of alkyl halides is 2. The molecule has 2 saturated heterocycles. The third-order valence-electron chi connectivity index (χ3n) is 15.4. The first-order chi connectivity index (χ1) is 39.4. The highest BCUT2D eigenvalue weighted by atomic mass is 79.9. The van der Waals surface area contributed by atoms with Crippen LogP contribution in [-0.2, 0) is 45.5 Å². The number of fused-ring (bicyclic) bond motifs is 1. The molecule has 3 aliphatic heterocycles. The van der Waals surface area contributed by atoms with E-state index < -0.39 is 89.5 Å². The standard InChI is InChI=1S/C60H76BrF2N8O11PS/c1-36-44(25-28-64-36)38-17-15-37(16-18-38)34-66-53(75)46-33-43(72)35-71(46)57(79)51(58(2,3)4)67-50(74)14-10-8-9-11-27-65-49(73)26-30-69(42-22-20-41(61)21-23-42)55(77)45-13-12-29-70(45)56(78)52(59(5,6)7)68-54(76)48-32-39-31-40(19-24-47(39)84-48)60(62,63)83(80,81)82/h15-24,28,31-32,43,45-46,51-52,72H,8-14,25-27,29-30,33-35H2,1-7H3,(H,65,73)(H,66,75)(H,67,74)(H,68,76)(H2,80,81,82)/t43-,45?,46+,51?,52?/m1/s1. The Morgan fingerprint density at radius 2 is 1.46 bits per heavy atom. The van der Waals surface area contributed by atoms with Crippen molar-refractivity contribution >= 4 is 104 Å². The number of β-amino-alcohol motifs (C(OH)–C–C–N with tert-alkyl or cyclic N) is 1. The number of aliphatic imine (C=N–C) groups is 1. The number of carbonyl (C=O) groups excluding carboxylic acids is 7. The zero-order valence-corrected chi connectivity index (χ0v) is 51.7. The normalized spacial score (nSPS) is 18.2. The number of carbonyl (C=O) groups is 7. The molecule has 0 spiro atoms. The Hall–Kier alpha value is -6.23. The van der Waals surface area contributed by atoms with Crippen LogP contribution < -0.4 is 26.2 Å². The van der Waals surface area contributed by atoms with Crippen molar-refractivity contribution in [2.24, 2.45) is 15.8 Å². The average Bonchev–Trinajstić information content (AvgIpc) is 2.56. The van der Waals surface area contributed by atoms with E-state index in [0.717, 1.165) is 56.8 Å². The predicted octanol–water partition coefficient (Wildman–Crippen LogP) is 8.53. The lowest BCUT2D eigenvalue weighted by molar-refractivity contribution is -0.144. The number of unbranched alkanes of at least 4 members (excludes halogenated alkanes) is 3. The van der Waals surface area contributed by atoms with Gasteiger partial charge in [0.2, 0.25) is 35.4 Å². The molecule has 24 heteroatoms. The molecular formula is C60H76BrF2N8O11PS. The van der Waals surface area contributed by atoms with Crippen molar-refractivity contribution in [3.63, 3.8) is 0 Å². The predicted molar refractivity (Wildman–Crippen MR) is 322 cm³/mol. The number of likely N-dealkylation sites (tertiary alicyclic amines) is 2. The maximum Gasteiger partial charge on any atom is 0.399 e. The van der Waals surface area contributed by atoms with E-state index in [2.05, 4.69) is 42.2 Å². The molecule has 0 bridgehead atoms. The van der Waals surface area contributed by atoms with E-state index in [-0.39, 0.29) is 67.5 Å². The van der Waals surface area contributed by atoms with E-state index in [1.807, 2.05) is 58.2 Å². The number of nitrogens with one attached hydrogen (secondary N) is 4. The number of anilines is 1. The molecular weight excluding hydrogens is 1190 g/mol. The molecule has 4 heterocycles. The van der Waals surface area contributed by atoms with Gasteiger partial charge in [0.25, 0.3) is 5.91 Å². The van der Waals surface area contributed by atoms with Crippen molar-refractivity contribution in [3.05, 3.63) is 105 Å². The minimum atomic E-state index is -5.84. The van der Waals surface area contributed by atoms with Crippen LogP contribution in [0.2, 0.25) is 0 Å². The fourth-order valence-electron chi connectivity index (χ4n) is 10.6. The summed E-state index contributed by atoms with van der Waals surface area (Å²) in [7, 11) is -5.84. The van der Waals surface area contributed by atoms with E-state index in [1.165, 1.54) is 26.8 Å². The molecule has 7 rings (SSSR count). The molecule has 2 fully saturated rings. The first kappa shape index (κ1) is 65.3. The zero-order valence-electron chi connectivity index (χ0n) is 48.4. The second-order valence-electron chi connectivity index (χ2n) is 23.9. The maximum atomic E-state index is 14.6. The number of allylic oxidation sites excluding steroid dienone is 2. The quantitative estimate of drug-likeness (QED) is 0.0273. The Labute approximate surface area is 500 Å². The molecule has 0 radical (unpaired) electrons. The summed E-state index contributed by atoms with van der Waals surface area (Å²) in [4.78, 5) is 125. The SMILES string of the molecule is CC1=C(c2ccc(CNC(=O)[C@@H]3C[C@@H](O)CN3C(=O)C(NC(=O)CCCCCCNC(=O)CCN(C(=O)C3CCCN3C(=O)C(NC(=O)c3cc4cc(C(F)(F)P(=O)(O)O)ccc4s3)C(C)(C)C)c3ccc(Br)cc3)C(C)(C)C)cc2)CC=N1. The number of rotatable bonds is 23. The van der Waals surface area contributed by atoms with Gasteiger partial charge < -0.3 is 50.9 Å². The molecule has 84 heavy (non-hydrogen) atoms. The molecule has 7 amide bonds. The van der Waals surface area contributed by atoms with Crippen LogP contribution in [0.15, 0.2) is 88.0 Å². The molecule has 19 nitrogen and oxygen atoms in total. The first-order valence-corrected chi connectivity index (χ1v) is 31.5. The highest BCUT2D eigenvalue weighted by Crippen LogP contribution is 2.59. The summed E-state index contributed by atoms with van der Waals surface area (Å²) < 4.78 is 41.8. The second kappa shape index (κ2) is 27.4. The van der Waals surface area contributed by atoms with Crippen LogP contribution in [0.5, 0.6) is 0 Å². The van der Waals surface area contributed by atoms with Gasteiger partial charge >= 0.3 is 13.3 Å². The number of nitrogens with zero attached hydrogens (tertiary/aromatic N) is 4. The van der Waals surface area contributed by atoms with E-state index in [9.17, 15) is 61.8 Å². The summed E-state index contributed by atoms with van der Waals surface area (Å²) in [5.41, 5.74) is -2.38. The number of halogens is 3. The summed E-state index contributed by atoms with van der Waals surface area (Å²) in [6.07, 6.45) is 5.18. The molecule has 3 unspecified atom stereocenters. The molecule has 4 aromatic rings. The topological polar surface area (TPSA) is 267 Å². The lowest BCUT2D eigenvalue weighted by atomic mass is 9.85. The maximum absolute atomic E-state index is 14.6. The van der Waals surface area contributed by atoms with E-state index in [4.69, 9.17) is 0 Å². The Morgan fingerprint density at radius 1 is 0.810 bits per heavy atom. The van der Waals surface area contributed by atoms with Gasteiger partial charge in [-0.15, -0.1) is 11.3 Å². The van der Waals surface area contributed by atoms with Gasteiger partial charge in [-0.05, 0) is 108 Å². The first-order valence-electron chi connectivity index (χ1n) is 28.2. The number of aliphatic hydroxyl groups is 1. The lowest BCUT2D eigenvalue weighted by Gasteiger charge is -2.36. The third kappa shape index (κ3) is 16.2. The van der Waals surface area contributed by atoms with E-state index in [0.29, 0.717) is 55.5 Å². The summed E-state index contributed by atoms with van der Waals surface area (Å²) in [5, 5.41) is 22.4. The van der Waals surface area contributed by atoms with Crippen LogP contribution in [0, 0.1) is 10.8 Å². The van der Waals surface area contributed by atoms with Crippen molar-refractivity contribution in [1.29, 1.82) is 0 Å². The van der Waals surface area contributed by atoms with Gasteiger partial charge in [0.1, 0.15) is 24.2 Å². The number of aliphatic hydroxyl groups excluding tert-OH is 1. The second-order valence-corrected chi connectivity index (χ2v) is 27.5. The minimum Gasteiger partial charge on any atom is -0.391 e. The van der Waals surface area contributed by atoms with E-state index >= 15 is 0 Å². The molecule has 5 atom stereocenters. The Bertz CT molecular complexity index is 3210. The van der Waals surface area contributed by atoms with Crippen molar-refractivity contribution < 1.29 is 61.8 Å². The van der Waals surface area contributed by atoms with Gasteiger partial charge in [-0.1, -0.05) is 101 Å². The molecule has 1 aromatic heterocycles. The number of thiophene rings is 1. The molecule has 7 N–H and O–H groups in total. The van der Waals surface area contributed by atoms with Gasteiger partial charge in [-0.25, -0.2) is 0 Å². The number of benzene rings is 3. The van der Waals surface area contributed by atoms with Gasteiger partial charge in [0.15, 0.2) is 0 Å². The van der Waals surface area contributed by atoms with Gasteiger partial charge in [-0.2, -0.15) is 8.78 Å². The monoisotopic (exact) mass is 1260 g/mol. The number of hydrogen-bond donors (Lipinski definition) is 7. The summed E-state index contributed by atoms with van der Waals surface area (Å²) in [6, 6.07) is 15.2. The highest BCUT2D eigenvalue weighted by molar-refractivity contribution is 9.10. The van der Waals surface area contributed by atoms with Gasteiger partial charge in [0, 0.05) is 90.7 Å². The fraction of sp³-hybridized carbons (Fsp3) is 0.500. The fourth-order valence-corrected chi connectivity index (χ4v) is 12.3. The van der Waals surface area contributed by atoms with Crippen LogP contribution in [0.3, 0.4) is 0 Å². The number of hydrogen-bond acceptors (Lipinski definition) is 11. The van der Waals surface area contributed by atoms with E-state index in [1.54, 1.807) is 45.0 Å². The summed E-state index contributed by atoms with van der Waals surface area (Å²) >= 11 is 4.39. The largest absolute Gasteiger partial charge is 0.399 e. The van der Waals surface area contributed by atoms with Crippen LogP contribution >= 0.6 is 34.9 Å². The molecule has 0 saturated carbocycles.